The van der Waals surface area contributed by atoms with Crippen molar-refractivity contribution in [3.63, 3.8) is 0 Å². The van der Waals surface area contributed by atoms with Gasteiger partial charge < -0.3 is 9.47 Å². The van der Waals surface area contributed by atoms with Crippen LogP contribution in [0.3, 0.4) is 0 Å². The maximum absolute atomic E-state index is 8.78. The SMILES string of the molecule is N#Cc1nc(-c2ccc3c(c2)OCCCO3)cs1. The van der Waals surface area contributed by atoms with Crippen molar-refractivity contribution in [1.82, 2.24) is 4.98 Å². The third-order valence-corrected chi connectivity index (χ3v) is 3.39. The van der Waals surface area contributed by atoms with E-state index >= 15 is 0 Å². The summed E-state index contributed by atoms with van der Waals surface area (Å²) >= 11 is 1.34. The molecule has 1 aromatic carbocycles. The van der Waals surface area contributed by atoms with E-state index in [1.165, 1.54) is 11.3 Å². The molecule has 90 valence electrons. The summed E-state index contributed by atoms with van der Waals surface area (Å²) in [7, 11) is 0. The van der Waals surface area contributed by atoms with Crippen molar-refractivity contribution in [2.45, 2.75) is 6.42 Å². The van der Waals surface area contributed by atoms with E-state index in [1.54, 1.807) is 0 Å². The van der Waals surface area contributed by atoms with Gasteiger partial charge in [-0.2, -0.15) is 5.26 Å². The fraction of sp³-hybridized carbons (Fsp3) is 0.231. The highest BCUT2D eigenvalue weighted by Gasteiger charge is 2.12. The van der Waals surface area contributed by atoms with Gasteiger partial charge in [0.25, 0.3) is 0 Å². The van der Waals surface area contributed by atoms with Crippen molar-refractivity contribution in [3.8, 4) is 28.8 Å². The van der Waals surface area contributed by atoms with Crippen LogP contribution in [-0.2, 0) is 0 Å². The molecule has 1 aromatic heterocycles. The standard InChI is InChI=1S/C13H10N2O2S/c14-7-13-15-10(8-18-13)9-2-3-11-12(6-9)17-5-1-4-16-11/h2-3,6,8H,1,4-5H2. The molecule has 2 heterocycles. The Hall–Kier alpha value is -2.06. The van der Waals surface area contributed by atoms with Gasteiger partial charge in [0.05, 0.1) is 18.9 Å². The summed E-state index contributed by atoms with van der Waals surface area (Å²) in [5.74, 6) is 1.52. The molecule has 1 aliphatic heterocycles. The summed E-state index contributed by atoms with van der Waals surface area (Å²) in [6.07, 6.45) is 0.888. The van der Waals surface area contributed by atoms with Crippen molar-refractivity contribution in [3.05, 3.63) is 28.6 Å². The Morgan fingerprint density at radius 1 is 1.22 bits per heavy atom. The van der Waals surface area contributed by atoms with Gasteiger partial charge in [0.2, 0.25) is 0 Å². The molecule has 0 bridgehead atoms. The highest BCUT2D eigenvalue weighted by Crippen LogP contribution is 2.34. The first-order valence-corrected chi connectivity index (χ1v) is 6.50. The monoisotopic (exact) mass is 258 g/mol. The zero-order valence-electron chi connectivity index (χ0n) is 9.55. The molecule has 2 aromatic rings. The van der Waals surface area contributed by atoms with Crippen LogP contribution in [0, 0.1) is 11.3 Å². The van der Waals surface area contributed by atoms with Crippen LogP contribution in [0.15, 0.2) is 23.6 Å². The van der Waals surface area contributed by atoms with Crippen molar-refractivity contribution >= 4 is 11.3 Å². The number of aromatic nitrogens is 1. The second-order valence-corrected chi connectivity index (χ2v) is 4.72. The lowest BCUT2D eigenvalue weighted by atomic mass is 10.1. The van der Waals surface area contributed by atoms with Gasteiger partial charge in [0, 0.05) is 17.4 Å². The van der Waals surface area contributed by atoms with Crippen LogP contribution in [0.1, 0.15) is 11.4 Å². The van der Waals surface area contributed by atoms with Crippen molar-refractivity contribution < 1.29 is 9.47 Å². The number of nitrogens with zero attached hydrogens (tertiary/aromatic N) is 2. The second-order valence-electron chi connectivity index (χ2n) is 3.86. The number of ether oxygens (including phenoxy) is 2. The summed E-state index contributed by atoms with van der Waals surface area (Å²) in [6.45, 7) is 1.35. The van der Waals surface area contributed by atoms with Gasteiger partial charge in [-0.25, -0.2) is 4.98 Å². The van der Waals surface area contributed by atoms with E-state index in [0.717, 1.165) is 29.2 Å². The minimum absolute atomic E-state index is 0.470. The van der Waals surface area contributed by atoms with E-state index in [2.05, 4.69) is 4.98 Å². The molecular formula is C13H10N2O2S. The molecule has 5 heteroatoms. The molecule has 0 spiro atoms. The number of fused-ring (bicyclic) bond motifs is 1. The molecule has 18 heavy (non-hydrogen) atoms. The molecule has 0 N–H and O–H groups in total. The third-order valence-electron chi connectivity index (χ3n) is 2.64. The van der Waals surface area contributed by atoms with E-state index in [1.807, 2.05) is 29.6 Å². The molecular weight excluding hydrogens is 248 g/mol. The molecule has 4 nitrogen and oxygen atoms in total. The van der Waals surface area contributed by atoms with E-state index < -0.39 is 0 Å². The largest absolute Gasteiger partial charge is 0.490 e. The predicted octanol–water partition coefficient (Wildman–Crippen LogP) is 2.84. The first kappa shape index (κ1) is 11.1. The van der Waals surface area contributed by atoms with E-state index in [0.29, 0.717) is 18.2 Å². The Kier molecular flexibility index (Phi) is 2.87. The molecule has 0 unspecified atom stereocenters. The van der Waals surface area contributed by atoms with Crippen molar-refractivity contribution in [2.75, 3.05) is 13.2 Å². The van der Waals surface area contributed by atoms with Crippen LogP contribution in [0.5, 0.6) is 11.5 Å². The highest BCUT2D eigenvalue weighted by molar-refractivity contribution is 7.10. The van der Waals surface area contributed by atoms with Gasteiger partial charge in [-0.05, 0) is 18.2 Å². The maximum Gasteiger partial charge on any atom is 0.194 e. The van der Waals surface area contributed by atoms with E-state index in [9.17, 15) is 0 Å². The van der Waals surface area contributed by atoms with Crippen LogP contribution < -0.4 is 9.47 Å². The minimum atomic E-state index is 0.470. The number of rotatable bonds is 1. The summed E-state index contributed by atoms with van der Waals surface area (Å²) in [4.78, 5) is 4.23. The Morgan fingerprint density at radius 3 is 2.83 bits per heavy atom. The fourth-order valence-electron chi connectivity index (χ4n) is 1.78. The molecule has 0 fully saturated rings. The summed E-state index contributed by atoms with van der Waals surface area (Å²) < 4.78 is 11.2. The number of benzene rings is 1. The summed E-state index contributed by atoms with van der Waals surface area (Å²) in [5.41, 5.74) is 1.74. The highest BCUT2D eigenvalue weighted by atomic mass is 32.1. The lowest BCUT2D eigenvalue weighted by molar-refractivity contribution is 0.297. The van der Waals surface area contributed by atoms with Crippen LogP contribution in [0.25, 0.3) is 11.3 Å². The Balaban J connectivity index is 1.98. The first-order valence-electron chi connectivity index (χ1n) is 5.62. The average molecular weight is 258 g/mol. The number of hydrogen-bond donors (Lipinski definition) is 0. The Labute approximate surface area is 108 Å². The normalized spacial score (nSPS) is 13.7. The van der Waals surface area contributed by atoms with Crippen molar-refractivity contribution in [1.29, 1.82) is 5.26 Å². The molecule has 0 atom stereocenters. The molecule has 0 saturated carbocycles. The zero-order chi connectivity index (χ0) is 12.4. The predicted molar refractivity (Wildman–Crippen MR) is 67.9 cm³/mol. The molecule has 3 rings (SSSR count). The first-order chi connectivity index (χ1) is 8.86. The smallest absolute Gasteiger partial charge is 0.194 e. The van der Waals surface area contributed by atoms with Gasteiger partial charge in [0.15, 0.2) is 16.5 Å². The van der Waals surface area contributed by atoms with Crippen LogP contribution in [0.2, 0.25) is 0 Å². The molecule has 0 aliphatic carbocycles. The van der Waals surface area contributed by atoms with Crippen LogP contribution in [-0.4, -0.2) is 18.2 Å². The van der Waals surface area contributed by atoms with Gasteiger partial charge in [-0.15, -0.1) is 11.3 Å². The van der Waals surface area contributed by atoms with Gasteiger partial charge in [-0.1, -0.05) is 0 Å². The quantitative estimate of drug-likeness (QED) is 0.789. The van der Waals surface area contributed by atoms with Crippen molar-refractivity contribution in [2.24, 2.45) is 0 Å². The maximum atomic E-state index is 8.78. The Morgan fingerprint density at radius 2 is 2.06 bits per heavy atom. The Bertz CT molecular complexity index is 616. The van der Waals surface area contributed by atoms with Crippen LogP contribution in [0.4, 0.5) is 0 Å². The summed E-state index contributed by atoms with van der Waals surface area (Å²) in [6, 6.07) is 7.78. The molecule has 1 aliphatic rings. The topological polar surface area (TPSA) is 55.1 Å². The average Bonchev–Trinajstić information content (AvgIpc) is 2.76. The fourth-order valence-corrected chi connectivity index (χ4v) is 2.40. The van der Waals surface area contributed by atoms with Crippen LogP contribution >= 0.6 is 11.3 Å². The molecule has 0 saturated heterocycles. The second kappa shape index (κ2) is 4.67. The minimum Gasteiger partial charge on any atom is -0.490 e. The lowest BCUT2D eigenvalue weighted by Crippen LogP contribution is -1.97. The summed E-state index contributed by atoms with van der Waals surface area (Å²) in [5, 5.41) is 11.1. The van der Waals surface area contributed by atoms with Gasteiger partial charge >= 0.3 is 0 Å². The number of hydrogen-bond acceptors (Lipinski definition) is 5. The number of nitriles is 1. The van der Waals surface area contributed by atoms with Gasteiger partial charge in [0.1, 0.15) is 6.07 Å². The molecule has 0 radical (unpaired) electrons. The van der Waals surface area contributed by atoms with E-state index in [4.69, 9.17) is 14.7 Å². The lowest BCUT2D eigenvalue weighted by Gasteiger charge is -2.07. The number of thiazole rings is 1. The third kappa shape index (κ3) is 2.03. The molecule has 0 amide bonds. The zero-order valence-corrected chi connectivity index (χ0v) is 10.4. The van der Waals surface area contributed by atoms with Gasteiger partial charge in [-0.3, -0.25) is 0 Å². The van der Waals surface area contributed by atoms with E-state index in [-0.39, 0.29) is 0 Å².